The Morgan fingerprint density at radius 2 is 2.14 bits per heavy atom. The van der Waals surface area contributed by atoms with E-state index in [0.29, 0.717) is 6.61 Å². The third-order valence-electron chi connectivity index (χ3n) is 4.67. The minimum atomic E-state index is -0.0468. The van der Waals surface area contributed by atoms with Crippen LogP contribution in [-0.2, 0) is 27.8 Å². The molecule has 1 aromatic heterocycles. The van der Waals surface area contributed by atoms with Gasteiger partial charge in [0.1, 0.15) is 0 Å². The Bertz CT molecular complexity index is 706. The Labute approximate surface area is 132 Å². The van der Waals surface area contributed by atoms with Gasteiger partial charge >= 0.3 is 5.97 Å². The van der Waals surface area contributed by atoms with Gasteiger partial charge in [-0.2, -0.15) is 0 Å². The van der Waals surface area contributed by atoms with Crippen LogP contribution in [0, 0.1) is 5.92 Å². The number of benzene rings is 1. The first-order valence-electron chi connectivity index (χ1n) is 8.20. The molecule has 3 nitrogen and oxygen atoms in total. The van der Waals surface area contributed by atoms with Crippen LogP contribution in [0.2, 0.25) is 0 Å². The fourth-order valence-electron chi connectivity index (χ4n) is 3.34. The summed E-state index contributed by atoms with van der Waals surface area (Å²) < 4.78 is 5.21. The number of ether oxygens (including phenoxy) is 1. The van der Waals surface area contributed by atoms with Crippen molar-refractivity contribution < 1.29 is 9.53 Å². The van der Waals surface area contributed by atoms with Crippen molar-refractivity contribution in [3.63, 3.8) is 0 Å². The van der Waals surface area contributed by atoms with E-state index in [1.165, 1.54) is 27.7 Å². The number of hydrogen-bond donors (Lipinski definition) is 1. The van der Waals surface area contributed by atoms with Gasteiger partial charge in [0.25, 0.3) is 0 Å². The average Bonchev–Trinajstić information content (AvgIpc) is 2.83. The summed E-state index contributed by atoms with van der Waals surface area (Å²) in [5.41, 5.74) is 5.25. The molecule has 1 N–H and O–H groups in total. The summed E-state index contributed by atoms with van der Waals surface area (Å²) in [6.07, 6.45) is 2.60. The van der Waals surface area contributed by atoms with Crippen LogP contribution in [0.4, 0.5) is 0 Å². The number of carbonyl (C=O) groups excluding carboxylic acids is 1. The zero-order chi connectivity index (χ0) is 15.9. The van der Waals surface area contributed by atoms with Crippen molar-refractivity contribution in [2.45, 2.75) is 52.4 Å². The van der Waals surface area contributed by atoms with Gasteiger partial charge in [-0.15, -0.1) is 0 Å². The highest BCUT2D eigenvalue weighted by Gasteiger charge is 2.28. The van der Waals surface area contributed by atoms with Crippen LogP contribution in [0.25, 0.3) is 10.9 Å². The molecular weight excluding hydrogens is 274 g/mol. The van der Waals surface area contributed by atoms with Gasteiger partial charge in [-0.1, -0.05) is 26.8 Å². The van der Waals surface area contributed by atoms with Crippen molar-refractivity contribution in [1.29, 1.82) is 0 Å². The van der Waals surface area contributed by atoms with Gasteiger partial charge < -0.3 is 9.72 Å². The van der Waals surface area contributed by atoms with Crippen LogP contribution in [0.1, 0.15) is 50.9 Å². The summed E-state index contributed by atoms with van der Waals surface area (Å²) in [6.45, 7) is 9.02. The van der Waals surface area contributed by atoms with Gasteiger partial charge in [-0.3, -0.25) is 4.79 Å². The molecule has 0 fully saturated rings. The Hall–Kier alpha value is -1.77. The molecule has 0 saturated carbocycles. The number of hydrogen-bond acceptors (Lipinski definition) is 2. The van der Waals surface area contributed by atoms with Crippen molar-refractivity contribution in [1.82, 2.24) is 4.98 Å². The van der Waals surface area contributed by atoms with E-state index < -0.39 is 0 Å². The van der Waals surface area contributed by atoms with Crippen LogP contribution in [-0.4, -0.2) is 17.6 Å². The normalized spacial score (nSPS) is 18.3. The Kier molecular flexibility index (Phi) is 3.75. The number of aromatic amines is 1. The highest BCUT2D eigenvalue weighted by molar-refractivity contribution is 5.87. The molecule has 2 aromatic rings. The first-order valence-corrected chi connectivity index (χ1v) is 8.20. The first kappa shape index (κ1) is 15.1. The number of esters is 1. The van der Waals surface area contributed by atoms with Gasteiger partial charge in [0.15, 0.2) is 0 Å². The maximum Gasteiger partial charge on any atom is 0.309 e. The average molecular weight is 299 g/mol. The van der Waals surface area contributed by atoms with Crippen LogP contribution in [0.5, 0.6) is 0 Å². The minimum Gasteiger partial charge on any atom is -0.466 e. The predicted octanol–water partition coefficient (Wildman–Crippen LogP) is 4.13. The Morgan fingerprint density at radius 3 is 2.82 bits per heavy atom. The van der Waals surface area contributed by atoms with E-state index in [2.05, 4.69) is 44.0 Å². The molecule has 1 heterocycles. The second-order valence-electron chi connectivity index (χ2n) is 7.28. The lowest BCUT2D eigenvalue weighted by atomic mass is 9.83. The van der Waals surface area contributed by atoms with Gasteiger partial charge in [0.05, 0.1) is 12.5 Å². The van der Waals surface area contributed by atoms with Crippen LogP contribution in [0.15, 0.2) is 18.2 Å². The van der Waals surface area contributed by atoms with Crippen LogP contribution >= 0.6 is 0 Å². The van der Waals surface area contributed by atoms with Crippen molar-refractivity contribution in [2.24, 2.45) is 5.92 Å². The lowest BCUT2D eigenvalue weighted by molar-refractivity contribution is -0.148. The topological polar surface area (TPSA) is 42.1 Å². The summed E-state index contributed by atoms with van der Waals surface area (Å²) in [7, 11) is 0. The Balaban J connectivity index is 1.99. The number of nitrogens with one attached hydrogen (secondary N) is 1. The summed E-state index contributed by atoms with van der Waals surface area (Å²) in [6, 6.07) is 6.67. The molecule has 22 heavy (non-hydrogen) atoms. The van der Waals surface area contributed by atoms with Gasteiger partial charge in [0.2, 0.25) is 0 Å². The van der Waals surface area contributed by atoms with E-state index in [0.717, 1.165) is 19.3 Å². The van der Waals surface area contributed by atoms with Crippen LogP contribution < -0.4 is 0 Å². The lowest BCUT2D eigenvalue weighted by Gasteiger charge is -2.21. The predicted molar refractivity (Wildman–Crippen MR) is 89.1 cm³/mol. The first-order chi connectivity index (χ1) is 10.4. The fraction of sp³-hybridized carbons (Fsp3) is 0.526. The molecule has 1 aliphatic rings. The van der Waals surface area contributed by atoms with Gasteiger partial charge in [-0.05, 0) is 54.9 Å². The van der Waals surface area contributed by atoms with E-state index in [1.54, 1.807) is 0 Å². The lowest BCUT2D eigenvalue weighted by Crippen LogP contribution is -2.24. The zero-order valence-corrected chi connectivity index (χ0v) is 14.0. The molecule has 3 heteroatoms. The molecule has 3 rings (SSSR count). The molecule has 0 amide bonds. The standard InChI is InChI=1S/C19H25NO2/c1-5-22-18(21)12-6-8-16-14(10-12)15-11-13(19(2,3)4)7-9-17(15)20-16/h7,9,11-12,20H,5-6,8,10H2,1-4H3. The molecule has 0 radical (unpaired) electrons. The summed E-state index contributed by atoms with van der Waals surface area (Å²) in [5.74, 6) is -0.0424. The molecule has 0 aliphatic heterocycles. The molecule has 1 aliphatic carbocycles. The summed E-state index contributed by atoms with van der Waals surface area (Å²) in [4.78, 5) is 15.6. The van der Waals surface area contributed by atoms with E-state index in [1.807, 2.05) is 6.92 Å². The van der Waals surface area contributed by atoms with E-state index in [9.17, 15) is 4.79 Å². The molecular formula is C19H25NO2. The van der Waals surface area contributed by atoms with E-state index in [4.69, 9.17) is 4.74 Å². The molecule has 0 saturated heterocycles. The third kappa shape index (κ3) is 2.65. The highest BCUT2D eigenvalue weighted by atomic mass is 16.5. The smallest absolute Gasteiger partial charge is 0.309 e. The number of carbonyl (C=O) groups is 1. The summed E-state index contributed by atoms with van der Waals surface area (Å²) >= 11 is 0. The molecule has 0 spiro atoms. The maximum atomic E-state index is 12.1. The summed E-state index contributed by atoms with van der Waals surface area (Å²) in [5, 5.41) is 1.27. The number of aryl methyl sites for hydroxylation is 1. The monoisotopic (exact) mass is 299 g/mol. The number of H-pyrrole nitrogens is 1. The van der Waals surface area contributed by atoms with Gasteiger partial charge in [-0.25, -0.2) is 0 Å². The third-order valence-corrected chi connectivity index (χ3v) is 4.67. The largest absolute Gasteiger partial charge is 0.466 e. The second-order valence-corrected chi connectivity index (χ2v) is 7.28. The van der Waals surface area contributed by atoms with Crippen molar-refractivity contribution in [3.05, 3.63) is 35.0 Å². The van der Waals surface area contributed by atoms with E-state index >= 15 is 0 Å². The highest BCUT2D eigenvalue weighted by Crippen LogP contribution is 2.34. The molecule has 1 aromatic carbocycles. The quantitative estimate of drug-likeness (QED) is 0.847. The van der Waals surface area contributed by atoms with Crippen molar-refractivity contribution >= 4 is 16.9 Å². The minimum absolute atomic E-state index is 0.00439. The molecule has 118 valence electrons. The zero-order valence-electron chi connectivity index (χ0n) is 14.0. The van der Waals surface area contributed by atoms with Gasteiger partial charge in [0, 0.05) is 16.6 Å². The fourth-order valence-corrected chi connectivity index (χ4v) is 3.34. The Morgan fingerprint density at radius 1 is 1.36 bits per heavy atom. The number of aromatic nitrogens is 1. The molecule has 1 unspecified atom stereocenters. The molecule has 1 atom stereocenters. The van der Waals surface area contributed by atoms with Crippen LogP contribution in [0.3, 0.4) is 0 Å². The number of rotatable bonds is 2. The van der Waals surface area contributed by atoms with Crippen molar-refractivity contribution in [2.75, 3.05) is 6.61 Å². The SMILES string of the molecule is CCOC(=O)C1CCc2[nH]c3ccc(C(C)(C)C)cc3c2C1. The number of fused-ring (bicyclic) bond motifs is 3. The van der Waals surface area contributed by atoms with Crippen molar-refractivity contribution in [3.8, 4) is 0 Å². The maximum absolute atomic E-state index is 12.1. The van der Waals surface area contributed by atoms with E-state index in [-0.39, 0.29) is 17.3 Å². The second kappa shape index (κ2) is 5.45. The molecule has 0 bridgehead atoms.